The van der Waals surface area contributed by atoms with Gasteiger partial charge in [0.2, 0.25) is 0 Å². The van der Waals surface area contributed by atoms with E-state index in [0.29, 0.717) is 4.90 Å². The molecule has 168 valence electrons. The van der Waals surface area contributed by atoms with Gasteiger partial charge in [0.25, 0.3) is 5.69 Å². The van der Waals surface area contributed by atoms with Crippen molar-refractivity contribution in [3.63, 3.8) is 0 Å². The van der Waals surface area contributed by atoms with Crippen molar-refractivity contribution >= 4 is 46.8 Å². The first-order valence-electron chi connectivity index (χ1n) is 9.43. The minimum atomic E-state index is -0.738. The van der Waals surface area contributed by atoms with Gasteiger partial charge in [0.05, 0.1) is 39.5 Å². The predicted molar refractivity (Wildman–Crippen MR) is 117 cm³/mol. The zero-order chi connectivity index (χ0) is 23.1. The number of amides is 2. The molecule has 1 unspecified atom stereocenters. The molecule has 1 aliphatic rings. The zero-order valence-electron chi connectivity index (χ0n) is 16.9. The molecule has 1 aliphatic heterocycles. The van der Waals surface area contributed by atoms with Crippen LogP contribution in [0.25, 0.3) is 0 Å². The molecule has 0 saturated carbocycles. The van der Waals surface area contributed by atoms with E-state index in [2.05, 4.69) is 10.6 Å². The summed E-state index contributed by atoms with van der Waals surface area (Å²) in [6, 6.07) is 8.33. The van der Waals surface area contributed by atoms with Crippen LogP contribution in [0, 0.1) is 10.1 Å². The highest BCUT2D eigenvalue weighted by Crippen LogP contribution is 2.31. The molecule has 0 fully saturated rings. The molecule has 3 rings (SSSR count). The number of rotatable bonds is 9. The highest BCUT2D eigenvalue weighted by molar-refractivity contribution is 8.00. The largest absolute Gasteiger partial charge is 0.463 e. The van der Waals surface area contributed by atoms with Gasteiger partial charge in [-0.1, -0.05) is 18.2 Å². The third kappa shape index (κ3) is 5.65. The van der Waals surface area contributed by atoms with Gasteiger partial charge in [-0.25, -0.2) is 9.59 Å². The van der Waals surface area contributed by atoms with Crippen LogP contribution in [0.1, 0.15) is 17.8 Å². The Morgan fingerprint density at radius 3 is 2.69 bits per heavy atom. The Balaban J connectivity index is 1.73. The molecule has 0 bridgehead atoms. The van der Waals surface area contributed by atoms with E-state index >= 15 is 0 Å². The number of esters is 2. The summed E-state index contributed by atoms with van der Waals surface area (Å²) >= 11 is 2.32. The van der Waals surface area contributed by atoms with Crippen LogP contribution in [0.3, 0.4) is 0 Å². The molecule has 0 radical (unpaired) electrons. The van der Waals surface area contributed by atoms with Crippen LogP contribution in [-0.2, 0) is 19.1 Å². The van der Waals surface area contributed by atoms with Crippen LogP contribution in [-0.4, -0.2) is 41.9 Å². The lowest BCUT2D eigenvalue weighted by Gasteiger charge is -2.28. The predicted octanol–water partition coefficient (Wildman–Crippen LogP) is 3.16. The van der Waals surface area contributed by atoms with Crippen LogP contribution in [0.2, 0.25) is 0 Å². The van der Waals surface area contributed by atoms with Gasteiger partial charge in [-0.15, -0.1) is 23.1 Å². The number of hydrogen-bond acceptors (Lipinski definition) is 9. The number of para-hydroxylation sites is 1. The maximum Gasteiger partial charge on any atom is 0.338 e. The number of benzene rings is 1. The quantitative estimate of drug-likeness (QED) is 0.243. The summed E-state index contributed by atoms with van der Waals surface area (Å²) in [6.07, 6.45) is 0. The highest BCUT2D eigenvalue weighted by Gasteiger charge is 2.34. The van der Waals surface area contributed by atoms with E-state index in [1.165, 1.54) is 29.5 Å². The number of carbonyl (C=O) groups is 3. The number of thiophene rings is 1. The van der Waals surface area contributed by atoms with Crippen molar-refractivity contribution < 1.29 is 28.8 Å². The number of urea groups is 1. The van der Waals surface area contributed by atoms with Crippen molar-refractivity contribution in [2.45, 2.75) is 17.9 Å². The molecule has 2 N–H and O–H groups in total. The number of nitrogens with zero attached hydrogens (tertiary/aromatic N) is 1. The van der Waals surface area contributed by atoms with E-state index in [-0.39, 0.29) is 35.9 Å². The summed E-state index contributed by atoms with van der Waals surface area (Å²) in [5, 5.41) is 18.1. The van der Waals surface area contributed by atoms with E-state index in [9.17, 15) is 24.5 Å². The molecule has 10 nitrogen and oxygen atoms in total. The van der Waals surface area contributed by atoms with Crippen LogP contribution in [0.5, 0.6) is 0 Å². The topological polar surface area (TPSA) is 137 Å². The maximum absolute atomic E-state index is 12.6. The first-order valence-corrected chi connectivity index (χ1v) is 11.3. The molecule has 12 heteroatoms. The van der Waals surface area contributed by atoms with Crippen LogP contribution in [0.15, 0.2) is 57.9 Å². The monoisotopic (exact) mass is 477 g/mol. The lowest BCUT2D eigenvalue weighted by molar-refractivity contribution is -0.387. The Hall–Kier alpha value is -3.38. The second-order valence-corrected chi connectivity index (χ2v) is 8.33. The maximum atomic E-state index is 12.6. The van der Waals surface area contributed by atoms with Gasteiger partial charge in [0.1, 0.15) is 6.61 Å². The molecule has 1 aromatic carbocycles. The molecule has 0 saturated heterocycles. The van der Waals surface area contributed by atoms with Crippen LogP contribution >= 0.6 is 23.1 Å². The molecular formula is C20H19N3O7S2. The number of nitrogens with one attached hydrogen (secondary N) is 2. The molecule has 1 atom stereocenters. The molecule has 0 spiro atoms. The average molecular weight is 478 g/mol. The van der Waals surface area contributed by atoms with Crippen molar-refractivity contribution in [3.05, 3.63) is 68.0 Å². The summed E-state index contributed by atoms with van der Waals surface area (Å²) < 4.78 is 10.4. The SMILES string of the molecule is CCOC(=O)C1=C(COC(=O)CSc2ccccc2[N+](=O)[O-])NC(=O)NC1c1cccs1. The van der Waals surface area contributed by atoms with E-state index in [0.717, 1.165) is 16.6 Å². The number of hydrogen-bond donors (Lipinski definition) is 2. The minimum Gasteiger partial charge on any atom is -0.463 e. The number of nitro groups is 1. The van der Waals surface area contributed by atoms with E-state index < -0.39 is 28.9 Å². The summed E-state index contributed by atoms with van der Waals surface area (Å²) in [5.41, 5.74) is 0.157. The summed E-state index contributed by atoms with van der Waals surface area (Å²) in [5.74, 6) is -1.49. The second kappa shape index (κ2) is 10.8. The lowest BCUT2D eigenvalue weighted by Crippen LogP contribution is -2.47. The second-order valence-electron chi connectivity index (χ2n) is 6.33. The Bertz CT molecular complexity index is 1050. The number of nitro benzene ring substituents is 1. The molecule has 32 heavy (non-hydrogen) atoms. The molecular weight excluding hydrogens is 458 g/mol. The zero-order valence-corrected chi connectivity index (χ0v) is 18.5. The first-order chi connectivity index (χ1) is 15.4. The average Bonchev–Trinajstić information content (AvgIpc) is 3.31. The standard InChI is InChI=1S/C20H19N3O7S2/c1-2-29-19(25)17-12(21-20(26)22-18(17)15-8-5-9-31-15)10-30-16(24)11-32-14-7-4-3-6-13(14)23(27)28/h3-9,18H,2,10-11H2,1H3,(H2,21,22,26). The summed E-state index contributed by atoms with van der Waals surface area (Å²) in [4.78, 5) is 48.6. The fraction of sp³-hybridized carbons (Fsp3) is 0.250. The van der Waals surface area contributed by atoms with Crippen LogP contribution < -0.4 is 10.6 Å². The van der Waals surface area contributed by atoms with Gasteiger partial charge in [-0.2, -0.15) is 0 Å². The number of thioether (sulfide) groups is 1. The lowest BCUT2D eigenvalue weighted by atomic mass is 10.0. The summed E-state index contributed by atoms with van der Waals surface area (Å²) in [6.45, 7) is 1.43. The minimum absolute atomic E-state index is 0.109. The van der Waals surface area contributed by atoms with E-state index in [1.54, 1.807) is 25.1 Å². The van der Waals surface area contributed by atoms with Crippen molar-refractivity contribution in [3.8, 4) is 0 Å². The molecule has 1 aromatic heterocycles. The number of ether oxygens (including phenoxy) is 2. The van der Waals surface area contributed by atoms with Gasteiger partial charge < -0.3 is 20.1 Å². The molecule has 2 amide bonds. The smallest absolute Gasteiger partial charge is 0.338 e. The van der Waals surface area contributed by atoms with E-state index in [1.807, 2.05) is 5.38 Å². The third-order valence-corrected chi connectivity index (χ3v) is 6.24. The third-order valence-electron chi connectivity index (χ3n) is 4.26. The Morgan fingerprint density at radius 2 is 2.00 bits per heavy atom. The Kier molecular flexibility index (Phi) is 7.84. The van der Waals surface area contributed by atoms with Crippen LogP contribution in [0.4, 0.5) is 10.5 Å². The van der Waals surface area contributed by atoms with Gasteiger partial charge in [0.15, 0.2) is 0 Å². The van der Waals surface area contributed by atoms with Gasteiger partial charge >= 0.3 is 18.0 Å². The first kappa shape index (κ1) is 23.3. The fourth-order valence-electron chi connectivity index (χ4n) is 2.91. The van der Waals surface area contributed by atoms with Gasteiger partial charge in [-0.3, -0.25) is 14.9 Å². The van der Waals surface area contributed by atoms with Crippen molar-refractivity contribution in [1.29, 1.82) is 0 Å². The van der Waals surface area contributed by atoms with E-state index in [4.69, 9.17) is 9.47 Å². The van der Waals surface area contributed by atoms with Crippen molar-refractivity contribution in [2.75, 3.05) is 19.0 Å². The highest BCUT2D eigenvalue weighted by atomic mass is 32.2. The van der Waals surface area contributed by atoms with Gasteiger partial charge in [-0.05, 0) is 24.4 Å². The molecule has 2 heterocycles. The number of carbonyl (C=O) groups excluding carboxylic acids is 3. The molecule has 2 aromatic rings. The Morgan fingerprint density at radius 1 is 1.22 bits per heavy atom. The summed E-state index contributed by atoms with van der Waals surface area (Å²) in [7, 11) is 0. The fourth-order valence-corrected chi connectivity index (χ4v) is 4.52. The van der Waals surface area contributed by atoms with Gasteiger partial charge in [0, 0.05) is 10.9 Å². The molecule has 0 aliphatic carbocycles. The van der Waals surface area contributed by atoms with Crippen molar-refractivity contribution in [2.24, 2.45) is 0 Å². The normalized spacial score (nSPS) is 15.5. The Labute approximate surface area is 191 Å². The van der Waals surface area contributed by atoms with Crippen molar-refractivity contribution in [1.82, 2.24) is 10.6 Å².